The van der Waals surface area contributed by atoms with E-state index in [2.05, 4.69) is 20.9 Å². The van der Waals surface area contributed by atoms with Crippen molar-refractivity contribution in [3.05, 3.63) is 0 Å². The number of guanidine groups is 1. The van der Waals surface area contributed by atoms with Crippen LogP contribution in [0, 0.1) is 0 Å². The first-order chi connectivity index (χ1) is 15.1. The van der Waals surface area contributed by atoms with Crippen molar-refractivity contribution < 1.29 is 24.3 Å². The second-order valence-corrected chi connectivity index (χ2v) is 7.38. The van der Waals surface area contributed by atoms with Crippen molar-refractivity contribution in [3.63, 3.8) is 0 Å². The summed E-state index contributed by atoms with van der Waals surface area (Å²) in [6.07, 6.45) is 2.55. The van der Waals surface area contributed by atoms with Gasteiger partial charge in [0.15, 0.2) is 5.96 Å². The van der Waals surface area contributed by atoms with Gasteiger partial charge in [-0.3, -0.25) is 19.4 Å². The maximum atomic E-state index is 12.7. The Balaban J connectivity index is 5.11. The Hall–Kier alpha value is -2.93. The van der Waals surface area contributed by atoms with Crippen LogP contribution < -0.4 is 38.9 Å². The average molecular weight is 459 g/mol. The molecule has 0 aliphatic heterocycles. The Kier molecular flexibility index (Phi) is 15.2. The van der Waals surface area contributed by atoms with Crippen LogP contribution in [0.25, 0.3) is 0 Å². The third-order valence-electron chi connectivity index (χ3n) is 4.52. The molecule has 0 aromatic heterocycles. The van der Waals surface area contributed by atoms with E-state index in [0.29, 0.717) is 38.8 Å². The van der Waals surface area contributed by atoms with E-state index in [1.54, 1.807) is 0 Å². The lowest BCUT2D eigenvalue weighted by Crippen LogP contribution is -2.55. The molecule has 13 nitrogen and oxygen atoms in total. The summed E-state index contributed by atoms with van der Waals surface area (Å²) in [6, 6.07) is -3.04. The van der Waals surface area contributed by atoms with Gasteiger partial charge in [0.25, 0.3) is 0 Å². The number of hydrogen-bond acceptors (Lipinski definition) is 7. The number of nitrogens with two attached hydrogens (primary N) is 4. The summed E-state index contributed by atoms with van der Waals surface area (Å²) in [4.78, 5) is 52.4. The number of carboxylic acids is 1. The summed E-state index contributed by atoms with van der Waals surface area (Å²) >= 11 is 0. The van der Waals surface area contributed by atoms with Gasteiger partial charge >= 0.3 is 5.97 Å². The zero-order valence-electron chi connectivity index (χ0n) is 18.6. The lowest BCUT2D eigenvalue weighted by Gasteiger charge is -2.23. The topological polar surface area (TPSA) is 241 Å². The van der Waals surface area contributed by atoms with E-state index in [0.717, 1.165) is 0 Å². The molecule has 0 saturated carbocycles. The lowest BCUT2D eigenvalue weighted by atomic mass is 10.1. The van der Waals surface area contributed by atoms with Gasteiger partial charge in [-0.05, 0) is 58.5 Å². The highest BCUT2D eigenvalue weighted by Crippen LogP contribution is 2.05. The van der Waals surface area contributed by atoms with Gasteiger partial charge in [-0.2, -0.15) is 0 Å². The number of rotatable bonds is 17. The van der Waals surface area contributed by atoms with Crippen LogP contribution in [0.2, 0.25) is 0 Å². The minimum Gasteiger partial charge on any atom is -0.480 e. The van der Waals surface area contributed by atoms with Crippen LogP contribution in [0.15, 0.2) is 4.99 Å². The van der Waals surface area contributed by atoms with Crippen molar-refractivity contribution in [1.29, 1.82) is 0 Å². The first-order valence-corrected chi connectivity index (χ1v) is 10.7. The highest BCUT2D eigenvalue weighted by atomic mass is 16.4. The van der Waals surface area contributed by atoms with Crippen LogP contribution in [-0.2, 0) is 19.2 Å². The number of nitrogens with one attached hydrogen (secondary N) is 3. The largest absolute Gasteiger partial charge is 0.480 e. The molecule has 3 atom stereocenters. The molecule has 0 aromatic carbocycles. The molecule has 0 unspecified atom stereocenters. The van der Waals surface area contributed by atoms with E-state index in [-0.39, 0.29) is 37.7 Å². The second kappa shape index (κ2) is 16.7. The third-order valence-corrected chi connectivity index (χ3v) is 4.52. The van der Waals surface area contributed by atoms with Gasteiger partial charge in [-0.25, -0.2) is 4.79 Å². The monoisotopic (exact) mass is 458 g/mol. The number of aliphatic carboxylic acids is 1. The van der Waals surface area contributed by atoms with Crippen molar-refractivity contribution in [2.45, 2.75) is 70.0 Å². The van der Waals surface area contributed by atoms with Crippen LogP contribution in [0.1, 0.15) is 51.9 Å². The molecule has 0 bridgehead atoms. The van der Waals surface area contributed by atoms with Crippen LogP contribution in [0.3, 0.4) is 0 Å². The van der Waals surface area contributed by atoms with E-state index < -0.39 is 35.9 Å². The fourth-order valence-corrected chi connectivity index (χ4v) is 2.73. The maximum absolute atomic E-state index is 12.7. The van der Waals surface area contributed by atoms with Gasteiger partial charge in [0.2, 0.25) is 17.7 Å². The Morgan fingerprint density at radius 2 is 1.44 bits per heavy atom. The van der Waals surface area contributed by atoms with Gasteiger partial charge in [0.1, 0.15) is 18.1 Å². The molecule has 184 valence electrons. The minimum atomic E-state index is -1.18. The fourth-order valence-electron chi connectivity index (χ4n) is 2.73. The SMILES string of the molecule is C[C@H](NC(=O)CCCN)C(=O)N[C@@H](CCCN=C(N)N)C(=O)N[C@@H](CCCCN)C(=O)O. The average Bonchev–Trinajstić information content (AvgIpc) is 2.72. The van der Waals surface area contributed by atoms with Crippen LogP contribution in [-0.4, -0.2) is 72.5 Å². The Morgan fingerprint density at radius 1 is 0.844 bits per heavy atom. The molecule has 0 rings (SSSR count). The standard InChI is InChI=1S/C19H38N8O5/c1-12(25-15(28)8-4-10-21)16(29)26-13(7-5-11-24-19(22)23)17(30)27-14(18(31)32)6-2-3-9-20/h12-14H,2-11,20-21H2,1H3,(H,25,28)(H,26,29)(H,27,30)(H,31,32)(H4,22,23,24)/t12-,13-,14-/m0/s1. The molecule has 0 spiro atoms. The zero-order chi connectivity index (χ0) is 24.5. The van der Waals surface area contributed by atoms with Gasteiger partial charge in [0, 0.05) is 13.0 Å². The zero-order valence-corrected chi connectivity index (χ0v) is 18.6. The summed E-state index contributed by atoms with van der Waals surface area (Å²) < 4.78 is 0. The minimum absolute atomic E-state index is 0.102. The molecule has 0 saturated heterocycles. The lowest BCUT2D eigenvalue weighted by molar-refractivity contribution is -0.142. The maximum Gasteiger partial charge on any atom is 0.326 e. The number of carbonyl (C=O) groups excluding carboxylic acids is 3. The molecule has 3 amide bonds. The number of hydrogen-bond donors (Lipinski definition) is 8. The molecule has 0 aromatic rings. The van der Waals surface area contributed by atoms with Crippen molar-refractivity contribution in [2.24, 2.45) is 27.9 Å². The molecular weight excluding hydrogens is 420 g/mol. The molecule has 0 fully saturated rings. The number of aliphatic imine (C=N–C) groups is 1. The molecule has 12 N–H and O–H groups in total. The van der Waals surface area contributed by atoms with Crippen LogP contribution in [0.4, 0.5) is 0 Å². The molecular formula is C19H38N8O5. The normalized spacial score (nSPS) is 13.3. The summed E-state index contributed by atoms with van der Waals surface area (Å²) in [5, 5.41) is 16.9. The highest BCUT2D eigenvalue weighted by Gasteiger charge is 2.27. The van der Waals surface area contributed by atoms with Crippen LogP contribution in [0.5, 0.6) is 0 Å². The highest BCUT2D eigenvalue weighted by molar-refractivity contribution is 5.93. The van der Waals surface area contributed by atoms with Crippen molar-refractivity contribution in [2.75, 3.05) is 19.6 Å². The summed E-state index contributed by atoms with van der Waals surface area (Å²) in [6.45, 7) is 2.48. The van der Waals surface area contributed by atoms with Gasteiger partial charge in [-0.1, -0.05) is 0 Å². The predicted molar refractivity (Wildman–Crippen MR) is 120 cm³/mol. The van der Waals surface area contributed by atoms with Crippen molar-refractivity contribution in [3.8, 4) is 0 Å². The van der Waals surface area contributed by atoms with Gasteiger partial charge in [0.05, 0.1) is 0 Å². The smallest absolute Gasteiger partial charge is 0.326 e. The molecule has 0 heterocycles. The molecule has 0 radical (unpaired) electrons. The number of carbonyl (C=O) groups is 4. The van der Waals surface area contributed by atoms with E-state index >= 15 is 0 Å². The first-order valence-electron chi connectivity index (χ1n) is 10.7. The number of amides is 3. The predicted octanol–water partition coefficient (Wildman–Crippen LogP) is -2.53. The second-order valence-electron chi connectivity index (χ2n) is 7.38. The summed E-state index contributed by atoms with van der Waals surface area (Å²) in [7, 11) is 0. The quantitative estimate of drug-likeness (QED) is 0.0649. The Labute approximate surface area is 188 Å². The van der Waals surface area contributed by atoms with Crippen molar-refractivity contribution >= 4 is 29.7 Å². The Bertz CT molecular complexity index is 639. The van der Waals surface area contributed by atoms with Gasteiger partial charge < -0.3 is 44.0 Å². The number of carboxylic acid groups (broad SMARTS) is 1. The van der Waals surface area contributed by atoms with E-state index in [1.807, 2.05) is 0 Å². The van der Waals surface area contributed by atoms with Gasteiger partial charge in [-0.15, -0.1) is 0 Å². The molecule has 32 heavy (non-hydrogen) atoms. The van der Waals surface area contributed by atoms with E-state index in [4.69, 9.17) is 22.9 Å². The van der Waals surface area contributed by atoms with E-state index in [9.17, 15) is 24.3 Å². The molecule has 0 aliphatic rings. The van der Waals surface area contributed by atoms with Crippen LogP contribution >= 0.6 is 0 Å². The third kappa shape index (κ3) is 13.4. The summed E-state index contributed by atoms with van der Waals surface area (Å²) in [5.41, 5.74) is 21.4. The number of nitrogens with zero attached hydrogens (tertiary/aromatic N) is 1. The van der Waals surface area contributed by atoms with E-state index in [1.165, 1.54) is 6.92 Å². The fraction of sp³-hybridized carbons (Fsp3) is 0.737. The van der Waals surface area contributed by atoms with Crippen molar-refractivity contribution in [1.82, 2.24) is 16.0 Å². The Morgan fingerprint density at radius 3 is 2.00 bits per heavy atom. The molecule has 13 heteroatoms. The molecule has 0 aliphatic carbocycles. The first kappa shape index (κ1) is 29.1. The number of unbranched alkanes of at least 4 members (excludes halogenated alkanes) is 1. The summed E-state index contributed by atoms with van der Waals surface area (Å²) in [5.74, 6) is -2.85.